The van der Waals surface area contributed by atoms with Gasteiger partial charge < -0.3 is 15.0 Å². The van der Waals surface area contributed by atoms with E-state index in [1.807, 2.05) is 43.0 Å². The first-order valence-corrected chi connectivity index (χ1v) is 12.6. The second-order valence-corrected chi connectivity index (χ2v) is 9.86. The van der Waals surface area contributed by atoms with E-state index in [-0.39, 0.29) is 35.9 Å². The zero-order chi connectivity index (χ0) is 26.5. The third-order valence-electron chi connectivity index (χ3n) is 6.48. The van der Waals surface area contributed by atoms with Crippen molar-refractivity contribution in [2.24, 2.45) is 5.92 Å². The van der Waals surface area contributed by atoms with Crippen LogP contribution in [0.15, 0.2) is 66.7 Å². The maximum absolute atomic E-state index is 14.2. The number of ether oxygens (including phenoxy) is 1. The van der Waals surface area contributed by atoms with Gasteiger partial charge in [-0.1, -0.05) is 44.2 Å². The zero-order valence-corrected chi connectivity index (χ0v) is 21.3. The first-order valence-electron chi connectivity index (χ1n) is 12.6. The Morgan fingerprint density at radius 3 is 2.46 bits per heavy atom. The molecule has 3 aromatic carbocycles. The van der Waals surface area contributed by atoms with Crippen molar-refractivity contribution in [3.63, 3.8) is 0 Å². The second kappa shape index (κ2) is 11.5. The molecule has 0 fully saturated rings. The monoisotopic (exact) mass is 506 g/mol. The van der Waals surface area contributed by atoms with Crippen molar-refractivity contribution in [1.29, 1.82) is 0 Å². The summed E-state index contributed by atoms with van der Waals surface area (Å²) in [5, 5.41) is 2.80. The molecular formula is C30H32F2N2O3. The summed E-state index contributed by atoms with van der Waals surface area (Å²) in [4.78, 5) is 27.6. The zero-order valence-electron chi connectivity index (χ0n) is 21.3. The van der Waals surface area contributed by atoms with Gasteiger partial charge in [0.25, 0.3) is 5.91 Å². The molecule has 0 spiro atoms. The minimum atomic E-state index is -0.784. The summed E-state index contributed by atoms with van der Waals surface area (Å²) >= 11 is 0. The molecular weight excluding hydrogens is 474 g/mol. The van der Waals surface area contributed by atoms with Gasteiger partial charge in [0.05, 0.1) is 6.04 Å². The van der Waals surface area contributed by atoms with Crippen molar-refractivity contribution < 1.29 is 23.1 Å². The summed E-state index contributed by atoms with van der Waals surface area (Å²) in [5.74, 6) is -0.291. The first kappa shape index (κ1) is 26.3. The fourth-order valence-electron chi connectivity index (χ4n) is 4.63. The second-order valence-electron chi connectivity index (χ2n) is 9.86. The topological polar surface area (TPSA) is 58.6 Å². The number of carbonyl (C=O) groups excluding carboxylic acids is 2. The van der Waals surface area contributed by atoms with E-state index in [4.69, 9.17) is 4.74 Å². The Morgan fingerprint density at radius 1 is 1.00 bits per heavy atom. The van der Waals surface area contributed by atoms with E-state index in [0.717, 1.165) is 16.7 Å². The van der Waals surface area contributed by atoms with Gasteiger partial charge in [-0.2, -0.15) is 0 Å². The molecule has 0 saturated carbocycles. The Bertz CT molecular complexity index is 1260. The summed E-state index contributed by atoms with van der Waals surface area (Å²) in [6.45, 7) is 6.46. The number of hydrogen-bond donors (Lipinski definition) is 1. The number of fused-ring (bicyclic) bond motifs is 1. The maximum atomic E-state index is 14.2. The number of benzene rings is 3. The van der Waals surface area contributed by atoms with E-state index in [0.29, 0.717) is 30.7 Å². The highest BCUT2D eigenvalue weighted by Gasteiger charge is 2.33. The molecule has 2 amide bonds. The lowest BCUT2D eigenvalue weighted by Gasteiger charge is -2.38. The standard InChI is InChI=1S/C30H32F2N2O3/c1-19(2)15-28(35)34-14-13-22-9-12-26(17-27(22)29(34)23-5-4-6-25(32)16-23)37-20(3)30(36)33-18-21-7-10-24(31)11-8-21/h4-12,16-17,19-20,29H,13-15,18H2,1-3H3,(H,33,36)/t20-,29+/m1/s1. The molecule has 0 aliphatic carbocycles. The molecule has 2 atom stereocenters. The predicted molar refractivity (Wildman–Crippen MR) is 138 cm³/mol. The minimum absolute atomic E-state index is 0.0229. The normalized spacial score (nSPS) is 15.7. The molecule has 1 heterocycles. The number of carbonyl (C=O) groups is 2. The summed E-state index contributed by atoms with van der Waals surface area (Å²) < 4.78 is 33.3. The lowest BCUT2D eigenvalue weighted by molar-refractivity contribution is -0.134. The molecule has 0 aromatic heterocycles. The van der Waals surface area contributed by atoms with Crippen LogP contribution in [0.1, 0.15) is 55.5 Å². The minimum Gasteiger partial charge on any atom is -0.481 e. The van der Waals surface area contributed by atoms with Crippen LogP contribution in [0, 0.1) is 17.6 Å². The molecule has 37 heavy (non-hydrogen) atoms. The highest BCUT2D eigenvalue weighted by Crippen LogP contribution is 2.38. The van der Waals surface area contributed by atoms with E-state index >= 15 is 0 Å². The summed E-state index contributed by atoms with van der Waals surface area (Å²) in [6, 6.07) is 17.4. The van der Waals surface area contributed by atoms with Crippen LogP contribution >= 0.6 is 0 Å². The lowest BCUT2D eigenvalue weighted by atomic mass is 9.87. The van der Waals surface area contributed by atoms with Crippen LogP contribution in [0.5, 0.6) is 5.75 Å². The molecule has 5 nitrogen and oxygen atoms in total. The molecule has 0 radical (unpaired) electrons. The SMILES string of the molecule is CC(C)CC(=O)N1CCc2ccc(O[C@H](C)C(=O)NCc3ccc(F)cc3)cc2[C@@H]1c1cccc(F)c1. The van der Waals surface area contributed by atoms with Gasteiger partial charge in [-0.3, -0.25) is 9.59 Å². The first-order chi connectivity index (χ1) is 17.7. The van der Waals surface area contributed by atoms with E-state index in [1.54, 1.807) is 25.1 Å². The molecule has 0 bridgehead atoms. The fourth-order valence-corrected chi connectivity index (χ4v) is 4.63. The Hall–Kier alpha value is -3.74. The van der Waals surface area contributed by atoms with Gasteiger partial charge in [-0.15, -0.1) is 0 Å². The van der Waals surface area contributed by atoms with Crippen molar-refractivity contribution in [3.05, 3.63) is 101 Å². The van der Waals surface area contributed by atoms with Gasteiger partial charge in [0.15, 0.2) is 6.10 Å². The van der Waals surface area contributed by atoms with Gasteiger partial charge in [0, 0.05) is 19.5 Å². The maximum Gasteiger partial charge on any atom is 0.261 e. The third kappa shape index (κ3) is 6.53. The van der Waals surface area contributed by atoms with Crippen LogP contribution < -0.4 is 10.1 Å². The largest absolute Gasteiger partial charge is 0.481 e. The Labute approximate surface area is 216 Å². The summed E-state index contributed by atoms with van der Waals surface area (Å²) in [5.41, 5.74) is 3.40. The van der Waals surface area contributed by atoms with Crippen LogP contribution in [-0.2, 0) is 22.6 Å². The van der Waals surface area contributed by atoms with Gasteiger partial charge in [-0.05, 0) is 77.9 Å². The van der Waals surface area contributed by atoms with Crippen LogP contribution in [0.3, 0.4) is 0 Å². The van der Waals surface area contributed by atoms with Crippen molar-refractivity contribution in [3.8, 4) is 5.75 Å². The number of nitrogens with one attached hydrogen (secondary N) is 1. The number of amides is 2. The van der Waals surface area contributed by atoms with Crippen molar-refractivity contribution in [1.82, 2.24) is 10.2 Å². The summed E-state index contributed by atoms with van der Waals surface area (Å²) in [6.07, 6.45) is 0.301. The van der Waals surface area contributed by atoms with Crippen molar-refractivity contribution in [2.75, 3.05) is 6.54 Å². The van der Waals surface area contributed by atoms with Crippen molar-refractivity contribution in [2.45, 2.75) is 52.3 Å². The molecule has 7 heteroatoms. The number of halogens is 2. The van der Waals surface area contributed by atoms with Crippen LogP contribution in [0.2, 0.25) is 0 Å². The quantitative estimate of drug-likeness (QED) is 0.435. The molecule has 0 saturated heterocycles. The Kier molecular flexibility index (Phi) is 8.21. The predicted octanol–water partition coefficient (Wildman–Crippen LogP) is 5.57. The molecule has 1 N–H and O–H groups in total. The van der Waals surface area contributed by atoms with Crippen LogP contribution in [-0.4, -0.2) is 29.4 Å². The number of hydrogen-bond acceptors (Lipinski definition) is 3. The van der Waals surface area contributed by atoms with E-state index < -0.39 is 12.1 Å². The number of nitrogens with zero attached hydrogens (tertiary/aromatic N) is 1. The average molecular weight is 507 g/mol. The smallest absolute Gasteiger partial charge is 0.261 e. The van der Waals surface area contributed by atoms with Crippen molar-refractivity contribution >= 4 is 11.8 Å². The highest BCUT2D eigenvalue weighted by atomic mass is 19.1. The van der Waals surface area contributed by atoms with E-state index in [2.05, 4.69) is 5.32 Å². The van der Waals surface area contributed by atoms with Gasteiger partial charge >= 0.3 is 0 Å². The molecule has 1 aliphatic heterocycles. The Morgan fingerprint density at radius 2 is 1.76 bits per heavy atom. The molecule has 1 aliphatic rings. The van der Waals surface area contributed by atoms with E-state index in [9.17, 15) is 18.4 Å². The lowest BCUT2D eigenvalue weighted by Crippen LogP contribution is -2.41. The molecule has 194 valence electrons. The molecule has 3 aromatic rings. The Balaban J connectivity index is 1.55. The fraction of sp³-hybridized carbons (Fsp3) is 0.333. The van der Waals surface area contributed by atoms with Crippen LogP contribution in [0.25, 0.3) is 0 Å². The number of rotatable bonds is 8. The van der Waals surface area contributed by atoms with Gasteiger partial charge in [0.1, 0.15) is 17.4 Å². The molecule has 4 rings (SSSR count). The van der Waals surface area contributed by atoms with Crippen LogP contribution in [0.4, 0.5) is 8.78 Å². The highest BCUT2D eigenvalue weighted by molar-refractivity contribution is 5.80. The third-order valence-corrected chi connectivity index (χ3v) is 6.48. The summed E-state index contributed by atoms with van der Waals surface area (Å²) in [7, 11) is 0. The average Bonchev–Trinajstić information content (AvgIpc) is 2.87. The molecule has 0 unspecified atom stereocenters. The van der Waals surface area contributed by atoms with E-state index in [1.165, 1.54) is 24.3 Å². The van der Waals surface area contributed by atoms with Gasteiger partial charge in [-0.25, -0.2) is 8.78 Å². The van der Waals surface area contributed by atoms with Gasteiger partial charge in [0.2, 0.25) is 5.91 Å².